The Morgan fingerprint density at radius 2 is 1.86 bits per heavy atom. The van der Waals surface area contributed by atoms with Crippen molar-refractivity contribution in [1.82, 2.24) is 20.2 Å². The van der Waals surface area contributed by atoms with Crippen LogP contribution < -0.4 is 10.6 Å². The van der Waals surface area contributed by atoms with Crippen LogP contribution in [0.25, 0.3) is 0 Å². The molecule has 1 aromatic heterocycles. The van der Waals surface area contributed by atoms with Gasteiger partial charge in [-0.25, -0.2) is 4.98 Å². The van der Waals surface area contributed by atoms with Crippen LogP contribution in [0.2, 0.25) is 0 Å². The molecule has 0 saturated heterocycles. The van der Waals surface area contributed by atoms with Crippen LogP contribution in [0, 0.1) is 6.92 Å². The summed E-state index contributed by atoms with van der Waals surface area (Å²) in [6.45, 7) is 4.53. The van der Waals surface area contributed by atoms with Crippen molar-refractivity contribution in [2.45, 2.75) is 38.3 Å². The van der Waals surface area contributed by atoms with Crippen molar-refractivity contribution in [3.05, 3.63) is 89.5 Å². The fourth-order valence-electron chi connectivity index (χ4n) is 3.77. The summed E-state index contributed by atoms with van der Waals surface area (Å²) in [5.74, 6) is 1.88. The summed E-state index contributed by atoms with van der Waals surface area (Å²) in [6.07, 6.45) is 6.33. The fourth-order valence-corrected chi connectivity index (χ4v) is 3.77. The van der Waals surface area contributed by atoms with E-state index in [1.807, 2.05) is 26.4 Å². The molecule has 2 N–H and O–H groups in total. The van der Waals surface area contributed by atoms with E-state index in [2.05, 4.69) is 79.8 Å². The number of nitrogens with one attached hydrogen (secondary N) is 2. The smallest absolute Gasteiger partial charge is 0.191 e. The van der Waals surface area contributed by atoms with Gasteiger partial charge in [0.15, 0.2) is 5.96 Å². The molecule has 0 bridgehead atoms. The van der Waals surface area contributed by atoms with Crippen LogP contribution in [-0.4, -0.2) is 29.1 Å². The van der Waals surface area contributed by atoms with Crippen LogP contribution in [0.5, 0.6) is 0 Å². The third kappa shape index (κ3) is 4.67. The monoisotopic (exact) mass is 387 g/mol. The number of guanidine groups is 1. The minimum Gasteiger partial charge on any atom is -0.356 e. The largest absolute Gasteiger partial charge is 0.356 e. The highest BCUT2D eigenvalue weighted by Crippen LogP contribution is 2.47. The Bertz CT molecular complexity index is 970. The number of rotatable bonds is 7. The first kappa shape index (κ1) is 19.2. The summed E-state index contributed by atoms with van der Waals surface area (Å²) >= 11 is 0. The van der Waals surface area contributed by atoms with E-state index >= 15 is 0 Å². The number of aromatic nitrogens is 2. The van der Waals surface area contributed by atoms with Crippen LogP contribution in [-0.2, 0) is 18.5 Å². The lowest BCUT2D eigenvalue weighted by Crippen LogP contribution is -2.40. The van der Waals surface area contributed by atoms with Gasteiger partial charge in [-0.05, 0) is 36.5 Å². The lowest BCUT2D eigenvalue weighted by Gasteiger charge is -2.19. The van der Waals surface area contributed by atoms with Crippen molar-refractivity contribution in [1.29, 1.82) is 0 Å². The maximum absolute atomic E-state index is 4.40. The molecule has 1 saturated carbocycles. The molecule has 0 spiro atoms. The second kappa shape index (κ2) is 8.52. The summed E-state index contributed by atoms with van der Waals surface area (Å²) in [7, 11) is 1.83. The molecule has 1 heterocycles. The van der Waals surface area contributed by atoms with Crippen molar-refractivity contribution in [2.75, 3.05) is 13.6 Å². The van der Waals surface area contributed by atoms with E-state index in [4.69, 9.17) is 0 Å². The molecule has 0 amide bonds. The predicted molar refractivity (Wildman–Crippen MR) is 118 cm³/mol. The maximum atomic E-state index is 4.40. The summed E-state index contributed by atoms with van der Waals surface area (Å²) in [4.78, 5) is 8.70. The molecule has 4 rings (SSSR count). The zero-order valence-corrected chi connectivity index (χ0v) is 17.2. The highest BCUT2D eigenvalue weighted by atomic mass is 15.2. The van der Waals surface area contributed by atoms with E-state index in [0.717, 1.165) is 31.4 Å². The quantitative estimate of drug-likeness (QED) is 0.481. The standard InChI is InChI=1S/C24H29N5/c1-19-26-13-14-29(19)17-21-8-6-7-20(15-21)16-27-23(25-2)28-18-24(11-12-24)22-9-4-3-5-10-22/h3-10,13-15H,11-12,16-18H2,1-2H3,(H2,25,27,28). The first-order valence-corrected chi connectivity index (χ1v) is 10.2. The predicted octanol–water partition coefficient (Wildman–Crippen LogP) is 3.64. The van der Waals surface area contributed by atoms with Crippen molar-refractivity contribution in [3.63, 3.8) is 0 Å². The van der Waals surface area contributed by atoms with Crippen molar-refractivity contribution in [2.24, 2.45) is 4.99 Å². The van der Waals surface area contributed by atoms with Crippen LogP contribution in [0.3, 0.4) is 0 Å². The van der Waals surface area contributed by atoms with Crippen LogP contribution in [0.15, 0.2) is 72.0 Å². The van der Waals surface area contributed by atoms with Crippen molar-refractivity contribution < 1.29 is 0 Å². The van der Waals surface area contributed by atoms with Crippen LogP contribution >= 0.6 is 0 Å². The fraction of sp³-hybridized carbons (Fsp3) is 0.333. The van der Waals surface area contributed by atoms with Gasteiger partial charge in [-0.2, -0.15) is 0 Å². The number of hydrogen-bond acceptors (Lipinski definition) is 2. The van der Waals surface area contributed by atoms with Crippen molar-refractivity contribution in [3.8, 4) is 0 Å². The summed E-state index contributed by atoms with van der Waals surface area (Å²) in [6, 6.07) is 19.5. The van der Waals surface area contributed by atoms with Gasteiger partial charge in [0, 0.05) is 44.5 Å². The Balaban J connectivity index is 1.32. The number of aryl methyl sites for hydroxylation is 1. The van der Waals surface area contributed by atoms with E-state index in [1.165, 1.54) is 29.5 Å². The van der Waals surface area contributed by atoms with Gasteiger partial charge >= 0.3 is 0 Å². The van der Waals surface area contributed by atoms with Gasteiger partial charge in [-0.1, -0.05) is 54.6 Å². The van der Waals surface area contributed by atoms with E-state index in [-0.39, 0.29) is 5.41 Å². The molecule has 1 aliphatic rings. The Morgan fingerprint density at radius 1 is 1.07 bits per heavy atom. The number of aliphatic imine (C=N–C) groups is 1. The molecule has 0 unspecified atom stereocenters. The number of hydrogen-bond donors (Lipinski definition) is 2. The van der Waals surface area contributed by atoms with E-state index in [1.54, 1.807) is 0 Å². The Kier molecular flexibility index (Phi) is 5.65. The molecule has 0 aliphatic heterocycles. The van der Waals surface area contributed by atoms with Gasteiger partial charge < -0.3 is 15.2 Å². The maximum Gasteiger partial charge on any atom is 0.191 e. The Labute approximate surface area is 172 Å². The molecule has 5 nitrogen and oxygen atoms in total. The van der Waals surface area contributed by atoms with E-state index < -0.39 is 0 Å². The zero-order valence-electron chi connectivity index (χ0n) is 17.2. The highest BCUT2D eigenvalue weighted by Gasteiger charge is 2.43. The molecule has 0 radical (unpaired) electrons. The van der Waals surface area contributed by atoms with Crippen LogP contribution in [0.1, 0.15) is 35.4 Å². The lowest BCUT2D eigenvalue weighted by molar-refractivity contribution is 0.645. The Morgan fingerprint density at radius 3 is 2.55 bits per heavy atom. The Hall–Kier alpha value is -3.08. The average molecular weight is 388 g/mol. The molecule has 2 aromatic carbocycles. The van der Waals surface area contributed by atoms with Gasteiger partial charge in [0.1, 0.15) is 5.82 Å². The van der Waals surface area contributed by atoms with Crippen molar-refractivity contribution >= 4 is 5.96 Å². The summed E-state index contributed by atoms with van der Waals surface area (Å²) in [5.41, 5.74) is 4.20. The summed E-state index contributed by atoms with van der Waals surface area (Å²) < 4.78 is 2.16. The highest BCUT2D eigenvalue weighted by molar-refractivity contribution is 5.79. The first-order valence-electron chi connectivity index (χ1n) is 10.2. The SMILES string of the molecule is CN=C(NCc1cccc(Cn2ccnc2C)c1)NCC1(c2ccccc2)CC1. The zero-order chi connectivity index (χ0) is 20.1. The van der Waals surface area contributed by atoms with Crippen LogP contribution in [0.4, 0.5) is 0 Å². The van der Waals surface area contributed by atoms with Gasteiger partial charge in [-0.3, -0.25) is 4.99 Å². The molecule has 0 atom stereocenters. The molecule has 3 aromatic rings. The topological polar surface area (TPSA) is 54.2 Å². The normalized spacial score (nSPS) is 15.2. The number of imidazole rings is 1. The van der Waals surface area contributed by atoms with E-state index in [0.29, 0.717) is 0 Å². The second-order valence-electron chi connectivity index (χ2n) is 7.85. The average Bonchev–Trinajstić information content (AvgIpc) is 3.45. The molecule has 1 aliphatic carbocycles. The van der Waals surface area contributed by atoms with E-state index in [9.17, 15) is 0 Å². The van der Waals surface area contributed by atoms with Gasteiger partial charge in [0.2, 0.25) is 0 Å². The molecule has 1 fully saturated rings. The molecular weight excluding hydrogens is 358 g/mol. The van der Waals surface area contributed by atoms with Gasteiger partial charge in [-0.15, -0.1) is 0 Å². The molecule has 5 heteroatoms. The van der Waals surface area contributed by atoms with Gasteiger partial charge in [0.25, 0.3) is 0 Å². The number of nitrogens with zero attached hydrogens (tertiary/aromatic N) is 3. The molecule has 29 heavy (non-hydrogen) atoms. The first-order chi connectivity index (χ1) is 14.2. The molecule has 150 valence electrons. The minimum atomic E-state index is 0.265. The second-order valence-corrected chi connectivity index (χ2v) is 7.85. The minimum absolute atomic E-state index is 0.265. The third-order valence-corrected chi connectivity index (χ3v) is 5.79. The molecular formula is C24H29N5. The third-order valence-electron chi connectivity index (χ3n) is 5.79. The number of benzene rings is 2. The van der Waals surface area contributed by atoms with Gasteiger partial charge in [0.05, 0.1) is 0 Å². The summed E-state index contributed by atoms with van der Waals surface area (Å²) in [5, 5.41) is 6.98. The lowest BCUT2D eigenvalue weighted by atomic mass is 9.96.